The van der Waals surface area contributed by atoms with E-state index >= 15 is 0 Å². The molecule has 1 saturated heterocycles. The zero-order chi connectivity index (χ0) is 18.6. The van der Waals surface area contributed by atoms with E-state index in [0.29, 0.717) is 24.3 Å². The number of carbonyl (C=O) groups is 2. The summed E-state index contributed by atoms with van der Waals surface area (Å²) in [6.07, 6.45) is 1.51. The summed E-state index contributed by atoms with van der Waals surface area (Å²) in [5.74, 6) is -0.0811. The summed E-state index contributed by atoms with van der Waals surface area (Å²) < 4.78 is 0. The van der Waals surface area contributed by atoms with Crippen molar-refractivity contribution in [1.29, 1.82) is 0 Å². The van der Waals surface area contributed by atoms with Crippen molar-refractivity contribution < 1.29 is 9.59 Å². The number of aromatic nitrogens is 1. The Balaban J connectivity index is 1.32. The van der Waals surface area contributed by atoms with Crippen LogP contribution in [0.5, 0.6) is 0 Å². The van der Waals surface area contributed by atoms with Crippen LogP contribution in [-0.2, 0) is 0 Å². The van der Waals surface area contributed by atoms with Crippen molar-refractivity contribution in [2.24, 2.45) is 0 Å². The number of thiazole rings is 1. The smallest absolute Gasteiger partial charge is 0.273 e. The molecule has 1 aliphatic rings. The highest BCUT2D eigenvalue weighted by molar-refractivity contribution is 7.20. The van der Waals surface area contributed by atoms with E-state index in [4.69, 9.17) is 0 Å². The van der Waals surface area contributed by atoms with Crippen LogP contribution in [0, 0.1) is 0 Å². The van der Waals surface area contributed by atoms with E-state index < -0.39 is 0 Å². The van der Waals surface area contributed by atoms with E-state index in [1.165, 1.54) is 11.3 Å². The van der Waals surface area contributed by atoms with Crippen LogP contribution in [0.4, 0.5) is 0 Å². The van der Waals surface area contributed by atoms with Gasteiger partial charge in [-0.15, -0.1) is 22.7 Å². The summed E-state index contributed by atoms with van der Waals surface area (Å²) in [4.78, 5) is 32.4. The molecule has 1 aromatic carbocycles. The molecule has 4 rings (SSSR count). The molecule has 0 atom stereocenters. The molecule has 7 heteroatoms. The van der Waals surface area contributed by atoms with Crippen LogP contribution in [0.15, 0.2) is 53.2 Å². The number of benzene rings is 1. The van der Waals surface area contributed by atoms with Gasteiger partial charge in [0.05, 0.1) is 4.88 Å². The van der Waals surface area contributed by atoms with Gasteiger partial charge in [0.1, 0.15) is 10.7 Å². The summed E-state index contributed by atoms with van der Waals surface area (Å²) in [6, 6.07) is 13.3. The Morgan fingerprint density at radius 2 is 1.81 bits per heavy atom. The minimum atomic E-state index is -0.0551. The molecule has 3 heterocycles. The summed E-state index contributed by atoms with van der Waals surface area (Å²) in [7, 11) is 0. The third kappa shape index (κ3) is 4.09. The lowest BCUT2D eigenvalue weighted by atomic mass is 10.0. The molecule has 0 bridgehead atoms. The van der Waals surface area contributed by atoms with Crippen LogP contribution < -0.4 is 5.32 Å². The van der Waals surface area contributed by atoms with Crippen molar-refractivity contribution in [1.82, 2.24) is 15.2 Å². The number of nitrogens with zero attached hydrogens (tertiary/aromatic N) is 2. The predicted octanol–water partition coefficient (Wildman–Crippen LogP) is 3.91. The Bertz CT molecular complexity index is 914. The molecule has 27 heavy (non-hydrogen) atoms. The molecule has 1 fully saturated rings. The van der Waals surface area contributed by atoms with E-state index in [1.807, 2.05) is 46.0 Å². The number of hydrogen-bond donors (Lipinski definition) is 1. The van der Waals surface area contributed by atoms with Gasteiger partial charge in [-0.1, -0.05) is 24.3 Å². The first-order valence-corrected chi connectivity index (χ1v) is 10.6. The molecule has 2 amide bonds. The molecule has 1 aliphatic heterocycles. The molecule has 5 nitrogen and oxygen atoms in total. The van der Waals surface area contributed by atoms with Crippen molar-refractivity contribution in [2.45, 2.75) is 18.9 Å². The van der Waals surface area contributed by atoms with Crippen molar-refractivity contribution in [3.05, 3.63) is 64.5 Å². The van der Waals surface area contributed by atoms with Crippen molar-refractivity contribution in [2.75, 3.05) is 13.1 Å². The molecule has 0 aliphatic carbocycles. The lowest BCUT2D eigenvalue weighted by Gasteiger charge is -2.32. The second-order valence-electron chi connectivity index (χ2n) is 6.42. The Morgan fingerprint density at radius 3 is 2.52 bits per heavy atom. The Kier molecular flexibility index (Phi) is 5.31. The zero-order valence-corrected chi connectivity index (χ0v) is 16.3. The predicted molar refractivity (Wildman–Crippen MR) is 108 cm³/mol. The highest BCUT2D eigenvalue weighted by Crippen LogP contribution is 2.28. The number of amides is 2. The Hall–Kier alpha value is -2.51. The van der Waals surface area contributed by atoms with Gasteiger partial charge >= 0.3 is 0 Å². The fourth-order valence-corrected chi connectivity index (χ4v) is 4.74. The van der Waals surface area contributed by atoms with Crippen molar-refractivity contribution >= 4 is 34.5 Å². The molecule has 1 N–H and O–H groups in total. The fraction of sp³-hybridized carbons (Fsp3) is 0.250. The highest BCUT2D eigenvalue weighted by Gasteiger charge is 2.26. The Labute approximate surface area is 165 Å². The number of hydrogen-bond acceptors (Lipinski definition) is 5. The minimum Gasteiger partial charge on any atom is -0.349 e. The van der Waals surface area contributed by atoms with Crippen LogP contribution in [-0.4, -0.2) is 40.8 Å². The first kappa shape index (κ1) is 17.9. The quantitative estimate of drug-likeness (QED) is 0.726. The third-order valence-electron chi connectivity index (χ3n) is 4.61. The molecule has 138 valence electrons. The van der Waals surface area contributed by atoms with Crippen LogP contribution in [0.1, 0.15) is 33.7 Å². The average molecular weight is 398 g/mol. The SMILES string of the molecule is O=C(NC1CCN(C(=O)c2csc(-c3cccs3)n2)CC1)c1ccccc1. The fourth-order valence-electron chi connectivity index (χ4n) is 3.13. The summed E-state index contributed by atoms with van der Waals surface area (Å²) in [6.45, 7) is 1.26. The van der Waals surface area contributed by atoms with Gasteiger partial charge in [-0.05, 0) is 36.4 Å². The molecular weight excluding hydrogens is 378 g/mol. The summed E-state index contributed by atoms with van der Waals surface area (Å²) >= 11 is 3.12. The van der Waals surface area contributed by atoms with Gasteiger partial charge in [-0.25, -0.2) is 4.98 Å². The maximum Gasteiger partial charge on any atom is 0.273 e. The summed E-state index contributed by atoms with van der Waals surface area (Å²) in [5.41, 5.74) is 1.18. The van der Waals surface area contributed by atoms with E-state index in [-0.39, 0.29) is 17.9 Å². The second-order valence-corrected chi connectivity index (χ2v) is 8.23. The number of piperidine rings is 1. The normalized spacial score (nSPS) is 14.9. The van der Waals surface area contributed by atoms with Crippen LogP contribution >= 0.6 is 22.7 Å². The van der Waals surface area contributed by atoms with Crippen LogP contribution in [0.2, 0.25) is 0 Å². The van der Waals surface area contributed by atoms with Crippen LogP contribution in [0.3, 0.4) is 0 Å². The lowest BCUT2D eigenvalue weighted by molar-refractivity contribution is 0.0693. The van der Waals surface area contributed by atoms with E-state index in [0.717, 1.165) is 22.7 Å². The number of likely N-dealkylation sites (tertiary alicyclic amines) is 1. The second kappa shape index (κ2) is 8.02. The largest absolute Gasteiger partial charge is 0.349 e. The highest BCUT2D eigenvalue weighted by atomic mass is 32.1. The minimum absolute atomic E-state index is 0.0260. The Morgan fingerprint density at radius 1 is 1.04 bits per heavy atom. The lowest BCUT2D eigenvalue weighted by Crippen LogP contribution is -2.46. The summed E-state index contributed by atoms with van der Waals surface area (Å²) in [5, 5.41) is 7.80. The standard InChI is InChI=1S/C20H19N3O2S2/c24-18(14-5-2-1-3-6-14)21-15-8-10-23(11-9-15)20(25)16-13-27-19(22-16)17-7-4-12-26-17/h1-7,12-13,15H,8-11H2,(H,21,24). The number of rotatable bonds is 4. The molecular formula is C20H19N3O2S2. The third-order valence-corrected chi connectivity index (χ3v) is 6.49. The monoisotopic (exact) mass is 397 g/mol. The number of nitrogens with one attached hydrogen (secondary N) is 1. The van der Waals surface area contributed by atoms with Gasteiger partial charge in [0.2, 0.25) is 0 Å². The van der Waals surface area contributed by atoms with Gasteiger partial charge in [-0.2, -0.15) is 0 Å². The molecule has 0 radical (unpaired) electrons. The van der Waals surface area contributed by atoms with Gasteiger partial charge in [0.15, 0.2) is 0 Å². The van der Waals surface area contributed by atoms with Gasteiger partial charge < -0.3 is 10.2 Å². The van der Waals surface area contributed by atoms with Crippen molar-refractivity contribution in [3.63, 3.8) is 0 Å². The maximum atomic E-state index is 12.7. The topological polar surface area (TPSA) is 62.3 Å². The van der Waals surface area contributed by atoms with Crippen LogP contribution in [0.25, 0.3) is 9.88 Å². The molecule has 0 saturated carbocycles. The first-order valence-electron chi connectivity index (χ1n) is 8.85. The van der Waals surface area contributed by atoms with E-state index in [9.17, 15) is 9.59 Å². The molecule has 3 aromatic rings. The number of thiophene rings is 1. The first-order chi connectivity index (χ1) is 13.2. The maximum absolute atomic E-state index is 12.7. The van der Waals surface area contributed by atoms with E-state index in [2.05, 4.69) is 10.3 Å². The molecule has 0 unspecified atom stereocenters. The molecule has 0 spiro atoms. The van der Waals surface area contributed by atoms with Gasteiger partial charge in [-0.3, -0.25) is 9.59 Å². The van der Waals surface area contributed by atoms with Gasteiger partial charge in [0, 0.05) is 30.1 Å². The van der Waals surface area contributed by atoms with E-state index in [1.54, 1.807) is 23.5 Å². The van der Waals surface area contributed by atoms with Gasteiger partial charge in [0.25, 0.3) is 11.8 Å². The number of carbonyl (C=O) groups excluding carboxylic acids is 2. The average Bonchev–Trinajstić information content (AvgIpc) is 3.40. The molecule has 2 aromatic heterocycles. The zero-order valence-electron chi connectivity index (χ0n) is 14.6. The van der Waals surface area contributed by atoms with Crippen molar-refractivity contribution in [3.8, 4) is 9.88 Å².